The fourth-order valence-corrected chi connectivity index (χ4v) is 3.18. The van der Waals surface area contributed by atoms with Gasteiger partial charge in [0.15, 0.2) is 0 Å². The van der Waals surface area contributed by atoms with Crippen LogP contribution in [0.5, 0.6) is 0 Å². The molecule has 0 aliphatic carbocycles. The monoisotopic (exact) mass is 342 g/mol. The van der Waals surface area contributed by atoms with Crippen molar-refractivity contribution in [2.75, 3.05) is 18.4 Å². The van der Waals surface area contributed by atoms with E-state index in [9.17, 15) is 9.18 Å². The van der Waals surface area contributed by atoms with Crippen LogP contribution in [0.4, 0.5) is 10.1 Å². The highest BCUT2D eigenvalue weighted by atomic mass is 79.9. The van der Waals surface area contributed by atoms with Gasteiger partial charge in [0.05, 0.1) is 9.89 Å². The van der Waals surface area contributed by atoms with Crippen molar-refractivity contribution >= 4 is 27.5 Å². The minimum atomic E-state index is -0.339. The lowest BCUT2D eigenvalue weighted by molar-refractivity contribution is -0.127. The number of halogens is 2. The zero-order valence-corrected chi connectivity index (χ0v) is 13.2. The molecule has 0 saturated carbocycles. The molecule has 1 aliphatic rings. The Bertz CT molecular complexity index is 481. The summed E-state index contributed by atoms with van der Waals surface area (Å²) in [5, 5.41) is 6.25. The lowest BCUT2D eigenvalue weighted by Crippen LogP contribution is -2.48. The molecule has 1 heterocycles. The molecule has 1 fully saturated rings. The highest BCUT2D eigenvalue weighted by molar-refractivity contribution is 9.10. The summed E-state index contributed by atoms with van der Waals surface area (Å²) in [6.07, 6.45) is 3.76. The Morgan fingerprint density at radius 1 is 1.55 bits per heavy atom. The average Bonchev–Trinajstić information content (AvgIpc) is 2.44. The van der Waals surface area contributed by atoms with E-state index < -0.39 is 0 Å². The van der Waals surface area contributed by atoms with E-state index in [1.54, 1.807) is 12.1 Å². The molecule has 0 spiro atoms. The third-order valence-corrected chi connectivity index (χ3v) is 4.47. The van der Waals surface area contributed by atoms with Crippen LogP contribution in [0.15, 0.2) is 22.7 Å². The van der Waals surface area contributed by atoms with Gasteiger partial charge in [-0.05, 0) is 59.9 Å². The smallest absolute Gasteiger partial charge is 0.231 e. The number of anilines is 1. The third kappa shape index (κ3) is 3.38. The number of hydrogen-bond donors (Lipinski definition) is 2. The van der Waals surface area contributed by atoms with Gasteiger partial charge in [-0.15, -0.1) is 0 Å². The highest BCUT2D eigenvalue weighted by Crippen LogP contribution is 2.33. The van der Waals surface area contributed by atoms with E-state index in [4.69, 9.17) is 0 Å². The Hall–Kier alpha value is -0.940. The van der Waals surface area contributed by atoms with Crippen molar-refractivity contribution in [2.45, 2.75) is 32.6 Å². The van der Waals surface area contributed by atoms with Crippen LogP contribution in [-0.4, -0.2) is 19.0 Å². The number of benzene rings is 1. The highest BCUT2D eigenvalue weighted by Gasteiger charge is 2.38. The SMILES string of the molecule is CCCC1(C(=O)Nc2ccc(F)c(Br)c2)CCCNC1. The van der Waals surface area contributed by atoms with Gasteiger partial charge in [-0.25, -0.2) is 4.39 Å². The van der Waals surface area contributed by atoms with Gasteiger partial charge in [0.1, 0.15) is 5.82 Å². The van der Waals surface area contributed by atoms with Gasteiger partial charge in [0.25, 0.3) is 0 Å². The molecule has 2 rings (SSSR count). The number of piperidine rings is 1. The zero-order valence-electron chi connectivity index (χ0n) is 11.6. The van der Waals surface area contributed by atoms with E-state index in [0.717, 1.165) is 38.8 Å². The summed E-state index contributed by atoms with van der Waals surface area (Å²) in [5.41, 5.74) is 0.290. The Morgan fingerprint density at radius 2 is 2.35 bits per heavy atom. The number of amides is 1. The fourth-order valence-electron chi connectivity index (χ4n) is 2.80. The van der Waals surface area contributed by atoms with Crippen LogP contribution in [-0.2, 0) is 4.79 Å². The minimum Gasteiger partial charge on any atom is -0.326 e. The quantitative estimate of drug-likeness (QED) is 0.875. The van der Waals surface area contributed by atoms with Crippen LogP contribution in [0.25, 0.3) is 0 Å². The topological polar surface area (TPSA) is 41.1 Å². The molecular weight excluding hydrogens is 323 g/mol. The molecule has 1 unspecified atom stereocenters. The van der Waals surface area contributed by atoms with Crippen molar-refractivity contribution in [1.82, 2.24) is 5.32 Å². The summed E-state index contributed by atoms with van der Waals surface area (Å²) < 4.78 is 13.6. The molecule has 0 bridgehead atoms. The van der Waals surface area contributed by atoms with Crippen molar-refractivity contribution < 1.29 is 9.18 Å². The van der Waals surface area contributed by atoms with E-state index in [-0.39, 0.29) is 17.1 Å². The molecule has 1 aromatic carbocycles. The number of hydrogen-bond acceptors (Lipinski definition) is 2. The first-order valence-corrected chi connectivity index (χ1v) is 7.84. The van der Waals surface area contributed by atoms with Gasteiger partial charge in [-0.1, -0.05) is 13.3 Å². The van der Waals surface area contributed by atoms with Crippen molar-refractivity contribution in [3.05, 3.63) is 28.5 Å². The first kappa shape index (κ1) is 15.4. The van der Waals surface area contributed by atoms with Gasteiger partial charge in [0, 0.05) is 12.2 Å². The molecule has 1 atom stereocenters. The second-order valence-electron chi connectivity index (χ2n) is 5.39. The van der Waals surface area contributed by atoms with Crippen LogP contribution in [0.3, 0.4) is 0 Å². The van der Waals surface area contributed by atoms with E-state index in [1.807, 2.05) is 0 Å². The second-order valence-corrected chi connectivity index (χ2v) is 6.25. The predicted octanol–water partition coefficient (Wildman–Crippen LogP) is 3.70. The Kier molecular flexibility index (Phi) is 5.16. The summed E-state index contributed by atoms with van der Waals surface area (Å²) in [6.45, 7) is 3.79. The van der Waals surface area contributed by atoms with Gasteiger partial charge >= 0.3 is 0 Å². The molecule has 0 aromatic heterocycles. The van der Waals surface area contributed by atoms with Gasteiger partial charge in [-0.2, -0.15) is 0 Å². The first-order valence-electron chi connectivity index (χ1n) is 7.04. The summed E-state index contributed by atoms with van der Waals surface area (Å²) in [7, 11) is 0. The maximum absolute atomic E-state index is 13.2. The number of carbonyl (C=O) groups excluding carboxylic acids is 1. The molecule has 0 radical (unpaired) electrons. The van der Waals surface area contributed by atoms with Crippen LogP contribution >= 0.6 is 15.9 Å². The summed E-state index contributed by atoms with van der Waals surface area (Å²) >= 11 is 3.14. The van der Waals surface area contributed by atoms with E-state index in [0.29, 0.717) is 10.2 Å². The third-order valence-electron chi connectivity index (χ3n) is 3.86. The van der Waals surface area contributed by atoms with Crippen molar-refractivity contribution in [2.24, 2.45) is 5.41 Å². The summed E-state index contributed by atoms with van der Waals surface area (Å²) in [6, 6.07) is 4.54. The predicted molar refractivity (Wildman–Crippen MR) is 82.2 cm³/mol. The molecule has 1 aromatic rings. The largest absolute Gasteiger partial charge is 0.326 e. The van der Waals surface area contributed by atoms with Crippen LogP contribution in [0, 0.1) is 11.2 Å². The maximum Gasteiger partial charge on any atom is 0.231 e. The van der Waals surface area contributed by atoms with Crippen molar-refractivity contribution in [3.8, 4) is 0 Å². The average molecular weight is 343 g/mol. The Balaban J connectivity index is 2.13. The van der Waals surface area contributed by atoms with E-state index in [1.165, 1.54) is 6.07 Å². The van der Waals surface area contributed by atoms with E-state index in [2.05, 4.69) is 33.5 Å². The fraction of sp³-hybridized carbons (Fsp3) is 0.533. The maximum atomic E-state index is 13.2. The van der Waals surface area contributed by atoms with Crippen LogP contribution in [0.1, 0.15) is 32.6 Å². The number of rotatable bonds is 4. The Morgan fingerprint density at radius 3 is 2.95 bits per heavy atom. The summed E-state index contributed by atoms with van der Waals surface area (Å²) in [5.74, 6) is -0.296. The lowest BCUT2D eigenvalue weighted by Gasteiger charge is -2.36. The van der Waals surface area contributed by atoms with Crippen LogP contribution < -0.4 is 10.6 Å². The standard InChI is InChI=1S/C15H20BrFN2O/c1-2-6-15(7-3-8-18-10-15)14(20)19-11-4-5-13(17)12(16)9-11/h4-5,9,18H,2-3,6-8,10H2,1H3,(H,19,20). The molecular formula is C15H20BrFN2O. The molecule has 1 aliphatic heterocycles. The summed E-state index contributed by atoms with van der Waals surface area (Å²) in [4.78, 5) is 12.6. The number of nitrogens with one attached hydrogen (secondary N) is 2. The van der Waals surface area contributed by atoms with Gasteiger partial charge in [-0.3, -0.25) is 4.79 Å². The minimum absolute atomic E-state index is 0.0325. The molecule has 3 nitrogen and oxygen atoms in total. The second kappa shape index (κ2) is 6.68. The molecule has 5 heteroatoms. The lowest BCUT2D eigenvalue weighted by atomic mass is 9.76. The Labute approximate surface area is 127 Å². The molecule has 110 valence electrons. The van der Waals surface area contributed by atoms with Crippen molar-refractivity contribution in [1.29, 1.82) is 0 Å². The number of carbonyl (C=O) groups is 1. The van der Waals surface area contributed by atoms with Crippen LogP contribution in [0.2, 0.25) is 0 Å². The van der Waals surface area contributed by atoms with Gasteiger partial charge in [0.2, 0.25) is 5.91 Å². The first-order chi connectivity index (χ1) is 9.57. The van der Waals surface area contributed by atoms with Gasteiger partial charge < -0.3 is 10.6 Å². The normalized spacial score (nSPS) is 22.6. The van der Waals surface area contributed by atoms with E-state index >= 15 is 0 Å². The molecule has 20 heavy (non-hydrogen) atoms. The van der Waals surface area contributed by atoms with Crippen molar-refractivity contribution in [3.63, 3.8) is 0 Å². The molecule has 1 saturated heterocycles. The molecule has 2 N–H and O–H groups in total. The molecule has 1 amide bonds. The zero-order chi connectivity index (χ0) is 14.6.